The highest BCUT2D eigenvalue weighted by Gasteiger charge is 2.24. The molecule has 3 aromatic rings. The summed E-state index contributed by atoms with van der Waals surface area (Å²) in [6.07, 6.45) is -0.000261. The van der Waals surface area contributed by atoms with Gasteiger partial charge >= 0.3 is 0 Å². The number of ether oxygens (including phenoxy) is 1. The van der Waals surface area contributed by atoms with Gasteiger partial charge in [-0.1, -0.05) is 34.5 Å². The Bertz CT molecular complexity index is 1150. The summed E-state index contributed by atoms with van der Waals surface area (Å²) in [7, 11) is 1.55. The van der Waals surface area contributed by atoms with E-state index < -0.39 is 0 Å². The molecule has 9 heteroatoms. The summed E-state index contributed by atoms with van der Waals surface area (Å²) in [6, 6.07) is 13.1. The van der Waals surface area contributed by atoms with E-state index in [4.69, 9.17) is 9.26 Å². The zero-order valence-electron chi connectivity index (χ0n) is 19.7. The first-order valence-electron chi connectivity index (χ1n) is 11.3. The van der Waals surface area contributed by atoms with Crippen molar-refractivity contribution < 1.29 is 18.8 Å². The van der Waals surface area contributed by atoms with Crippen molar-refractivity contribution >= 4 is 17.5 Å². The molecule has 0 unspecified atom stereocenters. The number of anilines is 1. The van der Waals surface area contributed by atoms with Gasteiger partial charge in [-0.25, -0.2) is 0 Å². The number of piperazine rings is 1. The highest BCUT2D eigenvalue weighted by molar-refractivity contribution is 5.95. The lowest BCUT2D eigenvalue weighted by Gasteiger charge is -2.34. The molecular weight excluding hydrogens is 434 g/mol. The summed E-state index contributed by atoms with van der Waals surface area (Å²) in [6.45, 7) is 7.17. The minimum absolute atomic E-state index is 0.000261. The van der Waals surface area contributed by atoms with Gasteiger partial charge in [0.25, 0.3) is 5.91 Å². The molecule has 0 atom stereocenters. The van der Waals surface area contributed by atoms with Gasteiger partial charge in [0.15, 0.2) is 5.82 Å². The smallest absolute Gasteiger partial charge is 0.253 e. The van der Waals surface area contributed by atoms with Gasteiger partial charge in [0.2, 0.25) is 11.8 Å². The maximum atomic E-state index is 12.9. The number of rotatable bonds is 7. The second-order valence-corrected chi connectivity index (χ2v) is 8.47. The third-order valence-corrected chi connectivity index (χ3v) is 5.70. The van der Waals surface area contributed by atoms with Crippen molar-refractivity contribution in [3.8, 4) is 5.75 Å². The first kappa shape index (κ1) is 23.4. The predicted molar refractivity (Wildman–Crippen MR) is 127 cm³/mol. The van der Waals surface area contributed by atoms with Crippen molar-refractivity contribution in [3.63, 3.8) is 0 Å². The fourth-order valence-corrected chi connectivity index (χ4v) is 4.09. The summed E-state index contributed by atoms with van der Waals surface area (Å²) in [5.41, 5.74) is 3.50. The number of hydrogen-bond acceptors (Lipinski definition) is 7. The molecular formula is C25H29N5O4. The zero-order valence-corrected chi connectivity index (χ0v) is 19.7. The molecule has 1 N–H and O–H groups in total. The Balaban J connectivity index is 1.27. The van der Waals surface area contributed by atoms with Crippen LogP contribution in [0.25, 0.3) is 0 Å². The molecule has 4 rings (SSSR count). The van der Waals surface area contributed by atoms with E-state index in [1.165, 1.54) is 0 Å². The molecule has 2 amide bonds. The highest BCUT2D eigenvalue weighted by atomic mass is 16.5. The van der Waals surface area contributed by atoms with Crippen LogP contribution >= 0.6 is 0 Å². The molecule has 178 valence electrons. The van der Waals surface area contributed by atoms with Crippen LogP contribution in [-0.4, -0.2) is 65.0 Å². The molecule has 1 aliphatic heterocycles. The van der Waals surface area contributed by atoms with E-state index in [1.54, 1.807) is 19.2 Å². The first-order valence-corrected chi connectivity index (χ1v) is 11.3. The Labute approximate surface area is 198 Å². The molecule has 0 aliphatic carbocycles. The largest absolute Gasteiger partial charge is 0.495 e. The van der Waals surface area contributed by atoms with E-state index in [9.17, 15) is 9.59 Å². The Kier molecular flexibility index (Phi) is 7.22. The van der Waals surface area contributed by atoms with Crippen LogP contribution in [0.15, 0.2) is 47.0 Å². The number of methoxy groups -OCH3 is 1. The Hall–Kier alpha value is -3.72. The topological polar surface area (TPSA) is 101 Å². The van der Waals surface area contributed by atoms with Crippen molar-refractivity contribution in [1.29, 1.82) is 0 Å². The molecule has 1 aliphatic rings. The SMILES string of the molecule is COc1ccccc1NC(=O)Cc1noc(CN2CCN(C(=O)c3cc(C)cc(C)c3)CC2)n1. The van der Waals surface area contributed by atoms with Gasteiger partial charge in [0.05, 0.1) is 25.8 Å². The van der Waals surface area contributed by atoms with E-state index in [-0.39, 0.29) is 18.2 Å². The number of hydrogen-bond donors (Lipinski definition) is 1. The van der Waals surface area contributed by atoms with E-state index in [2.05, 4.69) is 26.4 Å². The lowest BCUT2D eigenvalue weighted by atomic mass is 10.1. The maximum Gasteiger partial charge on any atom is 0.253 e. The molecule has 0 bridgehead atoms. The molecule has 34 heavy (non-hydrogen) atoms. The standard InChI is InChI=1S/C25H29N5O4/c1-17-12-18(2)14-19(13-17)25(32)30-10-8-29(9-11-30)16-24-27-22(28-34-24)15-23(31)26-20-6-4-5-7-21(20)33-3/h4-7,12-14H,8-11,15-16H2,1-3H3,(H,26,31). The van der Waals surface area contributed by atoms with Crippen LogP contribution in [-0.2, 0) is 17.8 Å². The van der Waals surface area contributed by atoms with Crippen molar-refractivity contribution in [2.24, 2.45) is 0 Å². The number of aromatic nitrogens is 2. The minimum Gasteiger partial charge on any atom is -0.495 e. The fraction of sp³-hybridized carbons (Fsp3) is 0.360. The van der Waals surface area contributed by atoms with Crippen molar-refractivity contribution in [2.45, 2.75) is 26.8 Å². The number of benzene rings is 2. The molecule has 0 spiro atoms. The van der Waals surface area contributed by atoms with Gasteiger partial charge in [-0.15, -0.1) is 0 Å². The number of carbonyl (C=O) groups is 2. The minimum atomic E-state index is -0.254. The molecule has 0 saturated carbocycles. The Morgan fingerprint density at radius 2 is 1.76 bits per heavy atom. The average molecular weight is 464 g/mol. The van der Waals surface area contributed by atoms with Crippen molar-refractivity contribution in [3.05, 3.63) is 70.9 Å². The molecule has 1 aromatic heterocycles. The van der Waals surface area contributed by atoms with Gasteiger partial charge in [-0.3, -0.25) is 14.5 Å². The average Bonchev–Trinajstić information content (AvgIpc) is 3.25. The molecule has 0 radical (unpaired) electrons. The molecule has 1 fully saturated rings. The van der Waals surface area contributed by atoms with Crippen molar-refractivity contribution in [1.82, 2.24) is 19.9 Å². The first-order chi connectivity index (χ1) is 16.4. The van der Waals surface area contributed by atoms with Crippen LogP contribution in [0.5, 0.6) is 5.75 Å². The number of nitrogens with zero attached hydrogens (tertiary/aromatic N) is 4. The Morgan fingerprint density at radius 3 is 2.47 bits per heavy atom. The predicted octanol–water partition coefficient (Wildman–Crippen LogP) is 2.83. The molecule has 2 heterocycles. The third-order valence-electron chi connectivity index (χ3n) is 5.70. The van der Waals surface area contributed by atoms with Crippen LogP contribution in [0.2, 0.25) is 0 Å². The third kappa shape index (κ3) is 5.79. The number of nitrogens with one attached hydrogen (secondary N) is 1. The van der Waals surface area contributed by atoms with Crippen molar-refractivity contribution in [2.75, 3.05) is 38.6 Å². The molecule has 9 nitrogen and oxygen atoms in total. The molecule has 1 saturated heterocycles. The normalized spacial score (nSPS) is 14.1. The summed E-state index contributed by atoms with van der Waals surface area (Å²) in [4.78, 5) is 33.6. The van der Waals surface area contributed by atoms with E-state index in [1.807, 2.05) is 43.0 Å². The quantitative estimate of drug-likeness (QED) is 0.575. The number of carbonyl (C=O) groups excluding carboxylic acids is 2. The fourth-order valence-electron chi connectivity index (χ4n) is 4.09. The highest BCUT2D eigenvalue weighted by Crippen LogP contribution is 2.23. The number of para-hydroxylation sites is 2. The maximum absolute atomic E-state index is 12.9. The van der Waals surface area contributed by atoms with Gasteiger partial charge in [-0.2, -0.15) is 4.98 Å². The van der Waals surface area contributed by atoms with Crippen LogP contribution in [0.1, 0.15) is 33.2 Å². The lowest BCUT2D eigenvalue weighted by Crippen LogP contribution is -2.48. The summed E-state index contributed by atoms with van der Waals surface area (Å²) < 4.78 is 10.6. The van der Waals surface area contributed by atoms with Gasteiger partial charge in [-0.05, 0) is 38.1 Å². The van der Waals surface area contributed by atoms with E-state index in [0.717, 1.165) is 16.7 Å². The van der Waals surface area contributed by atoms with Crippen LogP contribution in [0.3, 0.4) is 0 Å². The molecule has 2 aromatic carbocycles. The van der Waals surface area contributed by atoms with Crippen LogP contribution in [0, 0.1) is 13.8 Å². The van der Waals surface area contributed by atoms with Crippen LogP contribution < -0.4 is 10.1 Å². The zero-order chi connectivity index (χ0) is 24.1. The second kappa shape index (κ2) is 10.5. The summed E-state index contributed by atoms with van der Waals surface area (Å²) >= 11 is 0. The monoisotopic (exact) mass is 463 g/mol. The summed E-state index contributed by atoms with van der Waals surface area (Å²) in [5.74, 6) is 1.17. The van der Waals surface area contributed by atoms with E-state index >= 15 is 0 Å². The number of amides is 2. The Morgan fingerprint density at radius 1 is 1.06 bits per heavy atom. The lowest BCUT2D eigenvalue weighted by molar-refractivity contribution is -0.115. The number of aryl methyl sites for hydroxylation is 2. The second-order valence-electron chi connectivity index (χ2n) is 8.47. The van der Waals surface area contributed by atoms with Gasteiger partial charge < -0.3 is 19.5 Å². The summed E-state index contributed by atoms with van der Waals surface area (Å²) in [5, 5.41) is 6.74. The van der Waals surface area contributed by atoms with Gasteiger partial charge in [0, 0.05) is 31.7 Å². The van der Waals surface area contributed by atoms with Gasteiger partial charge in [0.1, 0.15) is 5.75 Å². The van der Waals surface area contributed by atoms with Crippen LogP contribution in [0.4, 0.5) is 5.69 Å². The van der Waals surface area contributed by atoms with E-state index in [0.29, 0.717) is 55.9 Å².